The summed E-state index contributed by atoms with van der Waals surface area (Å²) >= 11 is 0. The molecule has 5 fully saturated rings. The van der Waals surface area contributed by atoms with Crippen LogP contribution in [0.25, 0.3) is 22.3 Å². The molecule has 2 saturated carbocycles. The highest BCUT2D eigenvalue weighted by Crippen LogP contribution is 2.57. The molecule has 5 aliphatic rings. The standard InChI is InChI=1S/C16H19N5O3.C13H15N5O3/c1-8-4-16(5-8)11-10(22-15(2,3)23-11)14(24-16)21-7-20-9-12(17)18-6-19-13(9)21;1-6-2-13(3-6)9(20)8(19)12(21-13)18-5-17-7-10(14)15-4-16-11(7)18/h6-7,10-11,14H,1,4-5H2,2-3H3,(H2,17,18,19);4-5,8-9,12,19-20H,1-3H2,(H2,14,15,16)/t10-,11+,14-;8-,9+,12-/m11/s1. The molecule has 236 valence electrons. The van der Waals surface area contributed by atoms with E-state index in [-0.39, 0.29) is 29.9 Å². The van der Waals surface area contributed by atoms with E-state index in [1.54, 1.807) is 10.9 Å². The molecule has 16 heteroatoms. The number of hydrogen-bond donors (Lipinski definition) is 4. The number of ether oxygens (including phenoxy) is 4. The summed E-state index contributed by atoms with van der Waals surface area (Å²) in [5.41, 5.74) is 14.8. The minimum Gasteiger partial charge on any atom is -0.387 e. The maximum atomic E-state index is 10.3. The maximum Gasteiger partial charge on any atom is 0.167 e. The van der Waals surface area contributed by atoms with E-state index in [9.17, 15) is 10.2 Å². The molecule has 2 aliphatic carbocycles. The number of aliphatic hydroxyl groups excluding tert-OH is 2. The summed E-state index contributed by atoms with van der Waals surface area (Å²) in [6.45, 7) is 11.8. The Morgan fingerprint density at radius 3 is 1.80 bits per heavy atom. The summed E-state index contributed by atoms with van der Waals surface area (Å²) in [7, 11) is 0. The predicted molar refractivity (Wildman–Crippen MR) is 158 cm³/mol. The van der Waals surface area contributed by atoms with Crippen molar-refractivity contribution in [3.8, 4) is 0 Å². The van der Waals surface area contributed by atoms with Crippen LogP contribution in [0.15, 0.2) is 49.6 Å². The van der Waals surface area contributed by atoms with Gasteiger partial charge in [0.1, 0.15) is 59.3 Å². The normalized spacial score (nSPS) is 32.1. The molecule has 3 saturated heterocycles. The lowest BCUT2D eigenvalue weighted by atomic mass is 9.72. The minimum atomic E-state index is -1.06. The number of imidazole rings is 2. The van der Waals surface area contributed by atoms with E-state index in [0.717, 1.165) is 18.4 Å². The highest BCUT2D eigenvalue weighted by molar-refractivity contribution is 5.81. The molecule has 9 rings (SSSR count). The van der Waals surface area contributed by atoms with Crippen molar-refractivity contribution in [3.05, 3.63) is 49.6 Å². The Hall–Kier alpha value is -4.06. The van der Waals surface area contributed by atoms with Gasteiger partial charge in [0.05, 0.1) is 12.7 Å². The van der Waals surface area contributed by atoms with Crippen LogP contribution in [0.3, 0.4) is 0 Å². The molecule has 0 aromatic carbocycles. The smallest absolute Gasteiger partial charge is 0.167 e. The number of nitrogens with zero attached hydrogens (tertiary/aromatic N) is 8. The largest absolute Gasteiger partial charge is 0.387 e. The lowest BCUT2D eigenvalue weighted by Gasteiger charge is -2.43. The molecule has 0 unspecified atom stereocenters. The topological polar surface area (TPSA) is 217 Å². The van der Waals surface area contributed by atoms with Gasteiger partial charge in [0, 0.05) is 25.7 Å². The van der Waals surface area contributed by atoms with E-state index in [1.807, 2.05) is 18.4 Å². The average molecular weight is 619 g/mol. The van der Waals surface area contributed by atoms with Crippen molar-refractivity contribution in [1.29, 1.82) is 0 Å². The second-order valence-corrected chi connectivity index (χ2v) is 13.0. The number of rotatable bonds is 2. The maximum absolute atomic E-state index is 10.3. The van der Waals surface area contributed by atoms with E-state index in [0.29, 0.717) is 41.0 Å². The van der Waals surface area contributed by atoms with Gasteiger partial charge in [-0.2, -0.15) is 0 Å². The highest BCUT2D eigenvalue weighted by atomic mass is 16.8. The first kappa shape index (κ1) is 28.4. The Labute approximate surface area is 256 Å². The Bertz CT molecular complexity index is 1850. The van der Waals surface area contributed by atoms with Crippen LogP contribution in [0.4, 0.5) is 11.6 Å². The highest BCUT2D eigenvalue weighted by Gasteiger charge is 2.66. The third-order valence-corrected chi connectivity index (χ3v) is 9.31. The van der Waals surface area contributed by atoms with Crippen molar-refractivity contribution in [2.45, 2.75) is 93.4 Å². The number of aliphatic hydroxyl groups is 2. The molecule has 4 aromatic heterocycles. The van der Waals surface area contributed by atoms with Gasteiger partial charge in [-0.1, -0.05) is 24.3 Å². The van der Waals surface area contributed by atoms with Gasteiger partial charge in [-0.3, -0.25) is 9.13 Å². The predicted octanol–water partition coefficient (Wildman–Crippen LogP) is 1.29. The molecule has 6 atom stereocenters. The molecule has 6 N–H and O–H groups in total. The lowest BCUT2D eigenvalue weighted by molar-refractivity contribution is -0.227. The van der Waals surface area contributed by atoms with E-state index in [2.05, 4.69) is 43.1 Å². The quantitative estimate of drug-likeness (QED) is 0.233. The van der Waals surface area contributed by atoms with Crippen molar-refractivity contribution in [1.82, 2.24) is 39.0 Å². The molecule has 45 heavy (non-hydrogen) atoms. The van der Waals surface area contributed by atoms with Crippen LogP contribution in [-0.4, -0.2) is 90.7 Å². The van der Waals surface area contributed by atoms with Gasteiger partial charge in [-0.05, 0) is 13.8 Å². The summed E-state index contributed by atoms with van der Waals surface area (Å²) in [5.74, 6) is -0.0337. The van der Waals surface area contributed by atoms with Crippen molar-refractivity contribution < 1.29 is 29.2 Å². The van der Waals surface area contributed by atoms with Gasteiger partial charge in [-0.15, -0.1) is 0 Å². The molecule has 7 heterocycles. The Kier molecular flexibility index (Phi) is 5.98. The summed E-state index contributed by atoms with van der Waals surface area (Å²) in [4.78, 5) is 24.8. The number of nitrogen functional groups attached to an aromatic ring is 2. The molecular weight excluding hydrogens is 584 g/mol. The zero-order chi connectivity index (χ0) is 31.5. The number of anilines is 2. The molecular formula is C29H34N10O6. The Morgan fingerprint density at radius 2 is 1.24 bits per heavy atom. The van der Waals surface area contributed by atoms with Gasteiger partial charge in [-0.25, -0.2) is 29.9 Å². The van der Waals surface area contributed by atoms with Gasteiger partial charge >= 0.3 is 0 Å². The third-order valence-electron chi connectivity index (χ3n) is 9.31. The second-order valence-electron chi connectivity index (χ2n) is 13.0. The number of hydrogen-bond acceptors (Lipinski definition) is 14. The van der Waals surface area contributed by atoms with E-state index < -0.39 is 29.8 Å². The van der Waals surface area contributed by atoms with Crippen LogP contribution in [0, 0.1) is 0 Å². The van der Waals surface area contributed by atoms with Crippen LogP contribution in [0.5, 0.6) is 0 Å². The number of nitrogens with two attached hydrogens (primary N) is 2. The molecule has 0 radical (unpaired) electrons. The molecule has 2 spiro atoms. The summed E-state index contributed by atoms with van der Waals surface area (Å²) in [6, 6.07) is 0. The fourth-order valence-electron chi connectivity index (χ4n) is 7.34. The Morgan fingerprint density at radius 1 is 0.733 bits per heavy atom. The van der Waals surface area contributed by atoms with Crippen molar-refractivity contribution >= 4 is 34.0 Å². The monoisotopic (exact) mass is 618 g/mol. The molecule has 0 bridgehead atoms. The summed E-state index contributed by atoms with van der Waals surface area (Å²) < 4.78 is 28.1. The number of fused-ring (bicyclic) bond motifs is 4. The van der Waals surface area contributed by atoms with Crippen molar-refractivity contribution in [2.75, 3.05) is 11.5 Å². The first-order valence-corrected chi connectivity index (χ1v) is 14.7. The zero-order valence-electron chi connectivity index (χ0n) is 24.8. The van der Waals surface area contributed by atoms with Crippen LogP contribution < -0.4 is 11.5 Å². The van der Waals surface area contributed by atoms with Crippen molar-refractivity contribution in [2.24, 2.45) is 0 Å². The lowest BCUT2D eigenvalue weighted by Crippen LogP contribution is -2.49. The van der Waals surface area contributed by atoms with Crippen LogP contribution in [-0.2, 0) is 18.9 Å². The molecule has 16 nitrogen and oxygen atoms in total. The fraction of sp³-hybridized carbons (Fsp3) is 0.517. The first-order chi connectivity index (χ1) is 21.4. The van der Waals surface area contributed by atoms with E-state index in [1.165, 1.54) is 24.6 Å². The molecule has 0 amide bonds. The zero-order valence-corrected chi connectivity index (χ0v) is 24.8. The van der Waals surface area contributed by atoms with E-state index >= 15 is 0 Å². The minimum absolute atomic E-state index is 0.139. The number of aromatic nitrogens is 8. The second kappa shape index (κ2) is 9.48. The average Bonchev–Trinajstić information content (AvgIpc) is 3.75. The van der Waals surface area contributed by atoms with Gasteiger partial charge in [0.2, 0.25) is 0 Å². The van der Waals surface area contributed by atoms with Crippen LogP contribution in [0.2, 0.25) is 0 Å². The van der Waals surface area contributed by atoms with Gasteiger partial charge in [0.15, 0.2) is 41.2 Å². The van der Waals surface area contributed by atoms with Crippen LogP contribution in [0.1, 0.15) is 52.0 Å². The third kappa shape index (κ3) is 4.13. The van der Waals surface area contributed by atoms with Gasteiger partial charge < -0.3 is 40.6 Å². The van der Waals surface area contributed by atoms with Crippen LogP contribution >= 0.6 is 0 Å². The first-order valence-electron chi connectivity index (χ1n) is 14.7. The Balaban J connectivity index is 0.000000135. The SMILES string of the molecule is C=C1CC2(C1)O[C@@H](n1cnc3c(N)ncnc31)[C@@H]1OC(C)(C)O[C@@H]12.C=C1CC2(C1)O[C@@H](n1cnc3c(N)ncnc31)[C@H](O)[C@@H]2O. The molecule has 4 aromatic rings. The summed E-state index contributed by atoms with van der Waals surface area (Å²) in [5, 5.41) is 20.6. The fourth-order valence-corrected chi connectivity index (χ4v) is 7.34. The van der Waals surface area contributed by atoms with Gasteiger partial charge in [0.25, 0.3) is 0 Å². The molecule has 3 aliphatic heterocycles. The van der Waals surface area contributed by atoms with Crippen molar-refractivity contribution in [3.63, 3.8) is 0 Å². The summed E-state index contributed by atoms with van der Waals surface area (Å²) in [6.07, 6.45) is 5.06. The van der Waals surface area contributed by atoms with E-state index in [4.69, 9.17) is 30.4 Å².